The Hall–Kier alpha value is -2.90. The molecule has 26 heavy (non-hydrogen) atoms. The third-order valence-corrected chi connectivity index (χ3v) is 3.92. The van der Waals surface area contributed by atoms with E-state index in [1.807, 2.05) is 6.07 Å². The van der Waals surface area contributed by atoms with Crippen molar-refractivity contribution in [2.24, 2.45) is 0 Å². The van der Waals surface area contributed by atoms with Crippen LogP contribution in [0, 0.1) is 0 Å². The minimum absolute atomic E-state index is 0.0916. The summed E-state index contributed by atoms with van der Waals surface area (Å²) >= 11 is 0. The maximum absolute atomic E-state index is 12.8. The van der Waals surface area contributed by atoms with Gasteiger partial charge < -0.3 is 19.7 Å². The summed E-state index contributed by atoms with van der Waals surface area (Å²) in [5.74, 6) is 1.25. The quantitative estimate of drug-likeness (QED) is 0.868. The zero-order chi connectivity index (χ0) is 18.7. The summed E-state index contributed by atoms with van der Waals surface area (Å²) in [6.07, 6.45) is -4.46. The molecular formula is C18H17F3N2O3. The number of fused-ring (bicyclic) bond motifs is 1. The molecule has 1 N–H and O–H groups in total. The van der Waals surface area contributed by atoms with Gasteiger partial charge in [-0.3, -0.25) is 0 Å². The number of hydrogen-bond donors (Lipinski definition) is 1. The average molecular weight is 366 g/mol. The van der Waals surface area contributed by atoms with Gasteiger partial charge in [-0.15, -0.1) is 0 Å². The van der Waals surface area contributed by atoms with E-state index in [-0.39, 0.29) is 19.0 Å². The van der Waals surface area contributed by atoms with E-state index >= 15 is 0 Å². The first kappa shape index (κ1) is 17.9. The molecule has 3 rings (SSSR count). The number of anilines is 1. The van der Waals surface area contributed by atoms with E-state index in [0.717, 1.165) is 17.7 Å². The molecule has 1 aliphatic heterocycles. The summed E-state index contributed by atoms with van der Waals surface area (Å²) in [6.45, 7) is 2.63. The van der Waals surface area contributed by atoms with Crippen molar-refractivity contribution in [1.29, 1.82) is 0 Å². The summed E-state index contributed by atoms with van der Waals surface area (Å²) in [6, 6.07) is 9.41. The first-order valence-electron chi connectivity index (χ1n) is 7.98. The molecule has 0 aromatic heterocycles. The summed E-state index contributed by atoms with van der Waals surface area (Å²) in [7, 11) is 0. The highest BCUT2D eigenvalue weighted by atomic mass is 19.4. The molecule has 1 aliphatic rings. The summed E-state index contributed by atoms with van der Waals surface area (Å²) in [5.41, 5.74) is 0.110. The van der Waals surface area contributed by atoms with E-state index in [2.05, 4.69) is 5.32 Å². The van der Waals surface area contributed by atoms with Crippen LogP contribution in [-0.2, 0) is 12.7 Å². The Morgan fingerprint density at radius 1 is 1.15 bits per heavy atom. The van der Waals surface area contributed by atoms with Crippen molar-refractivity contribution in [3.05, 3.63) is 53.6 Å². The lowest BCUT2D eigenvalue weighted by Gasteiger charge is -2.22. The van der Waals surface area contributed by atoms with Crippen LogP contribution in [0.1, 0.15) is 18.1 Å². The molecule has 5 nitrogen and oxygen atoms in total. The monoisotopic (exact) mass is 366 g/mol. The lowest BCUT2D eigenvalue weighted by Crippen LogP contribution is -2.34. The summed E-state index contributed by atoms with van der Waals surface area (Å²) in [5, 5.41) is 2.51. The highest BCUT2D eigenvalue weighted by Crippen LogP contribution is 2.33. The lowest BCUT2D eigenvalue weighted by atomic mass is 10.2. The molecule has 0 bridgehead atoms. The number of halogens is 3. The number of hydrogen-bond acceptors (Lipinski definition) is 3. The highest BCUT2D eigenvalue weighted by Gasteiger charge is 2.30. The Bertz CT molecular complexity index is 809. The van der Waals surface area contributed by atoms with Gasteiger partial charge in [0.1, 0.15) is 0 Å². The maximum atomic E-state index is 12.8. The van der Waals surface area contributed by atoms with E-state index in [1.165, 1.54) is 17.0 Å². The number of nitrogens with one attached hydrogen (secondary N) is 1. The molecule has 0 saturated heterocycles. The van der Waals surface area contributed by atoms with Crippen molar-refractivity contribution in [1.82, 2.24) is 4.90 Å². The predicted octanol–water partition coefficient (Wildman–Crippen LogP) is 4.49. The fourth-order valence-corrected chi connectivity index (χ4v) is 2.56. The third kappa shape index (κ3) is 4.01. The van der Waals surface area contributed by atoms with Crippen LogP contribution < -0.4 is 14.8 Å². The van der Waals surface area contributed by atoms with E-state index in [4.69, 9.17) is 9.47 Å². The molecule has 2 amide bonds. The molecule has 0 fully saturated rings. The normalized spacial score (nSPS) is 12.8. The number of amides is 2. The Labute approximate surface area is 148 Å². The molecule has 0 saturated carbocycles. The van der Waals surface area contributed by atoms with E-state index in [0.29, 0.717) is 18.0 Å². The van der Waals surface area contributed by atoms with Crippen LogP contribution >= 0.6 is 0 Å². The maximum Gasteiger partial charge on any atom is 0.416 e. The standard InChI is InChI=1S/C18H17F3N2O3/c1-2-23(10-12-6-7-15-16(8-12)26-11-25-15)17(24)22-14-5-3-4-13(9-14)18(19,20)21/h3-9H,2,10-11H2,1H3,(H,22,24). The molecule has 0 spiro atoms. The zero-order valence-corrected chi connectivity index (χ0v) is 14.0. The van der Waals surface area contributed by atoms with Crippen LogP contribution in [0.5, 0.6) is 11.5 Å². The Morgan fingerprint density at radius 2 is 1.92 bits per heavy atom. The van der Waals surface area contributed by atoms with Gasteiger partial charge in [-0.2, -0.15) is 13.2 Å². The second-order valence-electron chi connectivity index (χ2n) is 5.71. The largest absolute Gasteiger partial charge is 0.454 e. The van der Waals surface area contributed by atoms with E-state index in [1.54, 1.807) is 19.1 Å². The van der Waals surface area contributed by atoms with Crippen LogP contribution in [0.25, 0.3) is 0 Å². The number of carbonyl (C=O) groups is 1. The second kappa shape index (κ2) is 7.15. The summed E-state index contributed by atoms with van der Waals surface area (Å²) < 4.78 is 48.9. The van der Waals surface area contributed by atoms with Gasteiger partial charge in [0.15, 0.2) is 11.5 Å². The Morgan fingerprint density at radius 3 is 2.65 bits per heavy atom. The molecule has 2 aromatic rings. The third-order valence-electron chi connectivity index (χ3n) is 3.92. The fourth-order valence-electron chi connectivity index (χ4n) is 2.56. The molecule has 2 aromatic carbocycles. The molecule has 0 unspecified atom stereocenters. The summed E-state index contributed by atoms with van der Waals surface area (Å²) in [4.78, 5) is 13.9. The molecule has 0 aliphatic carbocycles. The number of alkyl halides is 3. The van der Waals surface area contributed by atoms with Crippen molar-refractivity contribution < 1.29 is 27.4 Å². The van der Waals surface area contributed by atoms with E-state index in [9.17, 15) is 18.0 Å². The molecule has 138 valence electrons. The van der Waals surface area contributed by atoms with E-state index < -0.39 is 17.8 Å². The van der Waals surface area contributed by atoms with Gasteiger partial charge in [-0.25, -0.2) is 4.79 Å². The molecular weight excluding hydrogens is 349 g/mol. The van der Waals surface area contributed by atoms with Crippen molar-refractivity contribution in [2.75, 3.05) is 18.7 Å². The van der Waals surface area contributed by atoms with Gasteiger partial charge >= 0.3 is 12.2 Å². The van der Waals surface area contributed by atoms with Crippen molar-refractivity contribution in [3.63, 3.8) is 0 Å². The Balaban J connectivity index is 1.69. The SMILES string of the molecule is CCN(Cc1ccc2c(c1)OCO2)C(=O)Nc1cccc(C(F)(F)F)c1. The molecule has 1 heterocycles. The number of carbonyl (C=O) groups excluding carboxylic acids is 1. The fraction of sp³-hybridized carbons (Fsp3) is 0.278. The Kier molecular flexibility index (Phi) is 4.92. The van der Waals surface area contributed by atoms with Crippen LogP contribution in [0.15, 0.2) is 42.5 Å². The number of nitrogens with zero attached hydrogens (tertiary/aromatic N) is 1. The topological polar surface area (TPSA) is 50.8 Å². The minimum Gasteiger partial charge on any atom is -0.454 e. The van der Waals surface area contributed by atoms with Gasteiger partial charge in [0.2, 0.25) is 6.79 Å². The number of ether oxygens (including phenoxy) is 2. The van der Waals surface area contributed by atoms with Gasteiger partial charge in [0.05, 0.1) is 5.56 Å². The smallest absolute Gasteiger partial charge is 0.416 e. The minimum atomic E-state index is -4.46. The van der Waals surface area contributed by atoms with Crippen LogP contribution in [0.3, 0.4) is 0 Å². The van der Waals surface area contributed by atoms with Gasteiger partial charge in [-0.1, -0.05) is 12.1 Å². The number of urea groups is 1. The second-order valence-corrected chi connectivity index (χ2v) is 5.71. The molecule has 0 atom stereocenters. The average Bonchev–Trinajstić information content (AvgIpc) is 3.06. The van der Waals surface area contributed by atoms with Gasteiger partial charge in [0, 0.05) is 18.8 Å². The molecule has 0 radical (unpaired) electrons. The number of rotatable bonds is 4. The van der Waals surface area contributed by atoms with Crippen LogP contribution in [0.2, 0.25) is 0 Å². The first-order chi connectivity index (χ1) is 12.4. The van der Waals surface area contributed by atoms with Crippen molar-refractivity contribution in [2.45, 2.75) is 19.6 Å². The molecule has 8 heteroatoms. The predicted molar refractivity (Wildman–Crippen MR) is 89.1 cm³/mol. The van der Waals surface area contributed by atoms with Crippen molar-refractivity contribution >= 4 is 11.7 Å². The van der Waals surface area contributed by atoms with Gasteiger partial charge in [-0.05, 0) is 42.8 Å². The van der Waals surface area contributed by atoms with Gasteiger partial charge in [0.25, 0.3) is 0 Å². The van der Waals surface area contributed by atoms with Crippen molar-refractivity contribution in [3.8, 4) is 11.5 Å². The number of benzene rings is 2. The lowest BCUT2D eigenvalue weighted by molar-refractivity contribution is -0.137. The van der Waals surface area contributed by atoms with Crippen LogP contribution in [-0.4, -0.2) is 24.3 Å². The van der Waals surface area contributed by atoms with Crippen LogP contribution in [0.4, 0.5) is 23.7 Å². The highest BCUT2D eigenvalue weighted by molar-refractivity contribution is 5.89. The zero-order valence-electron chi connectivity index (χ0n) is 14.0. The first-order valence-corrected chi connectivity index (χ1v) is 7.98.